The molecule has 1 N–H and O–H groups in total. The maximum absolute atomic E-state index is 11.8. The SMILES string of the molecule is COCCc1nc(-c2ccc(CO)o2)n([C@@H]2CCS(=O)(=O)C2)n1. The number of aliphatic hydroxyl groups excluding tert-OH is 1. The number of aromatic nitrogens is 3. The summed E-state index contributed by atoms with van der Waals surface area (Å²) < 4.78 is 35.7. The molecule has 2 aromatic rings. The zero-order chi connectivity index (χ0) is 16.4. The molecule has 9 heteroatoms. The smallest absolute Gasteiger partial charge is 0.194 e. The number of ether oxygens (including phenoxy) is 1. The van der Waals surface area contributed by atoms with E-state index in [2.05, 4.69) is 10.1 Å². The lowest BCUT2D eigenvalue weighted by Crippen LogP contribution is -2.14. The number of sulfone groups is 1. The van der Waals surface area contributed by atoms with Crippen LogP contribution in [0.2, 0.25) is 0 Å². The van der Waals surface area contributed by atoms with Gasteiger partial charge in [-0.05, 0) is 18.6 Å². The lowest BCUT2D eigenvalue weighted by molar-refractivity contribution is 0.200. The number of aliphatic hydroxyl groups is 1. The van der Waals surface area contributed by atoms with Gasteiger partial charge in [0.1, 0.15) is 12.4 Å². The van der Waals surface area contributed by atoms with Gasteiger partial charge in [-0.3, -0.25) is 0 Å². The maximum Gasteiger partial charge on any atom is 0.194 e. The Kier molecular flexibility index (Phi) is 4.51. The molecule has 8 nitrogen and oxygen atoms in total. The van der Waals surface area contributed by atoms with Gasteiger partial charge < -0.3 is 14.3 Å². The minimum absolute atomic E-state index is 0.0562. The quantitative estimate of drug-likeness (QED) is 0.819. The summed E-state index contributed by atoms with van der Waals surface area (Å²) in [6, 6.07) is 3.12. The van der Waals surface area contributed by atoms with Crippen LogP contribution in [-0.2, 0) is 27.6 Å². The van der Waals surface area contributed by atoms with Crippen LogP contribution in [0, 0.1) is 0 Å². The number of hydrogen-bond donors (Lipinski definition) is 1. The molecule has 126 valence electrons. The van der Waals surface area contributed by atoms with E-state index in [0.29, 0.717) is 42.6 Å². The van der Waals surface area contributed by atoms with Crippen LogP contribution in [-0.4, -0.2) is 53.5 Å². The van der Waals surface area contributed by atoms with Gasteiger partial charge in [0.2, 0.25) is 0 Å². The molecule has 0 amide bonds. The van der Waals surface area contributed by atoms with Gasteiger partial charge in [-0.15, -0.1) is 0 Å². The molecular weight excluding hydrogens is 322 g/mol. The van der Waals surface area contributed by atoms with Crippen LogP contribution >= 0.6 is 0 Å². The predicted octanol–water partition coefficient (Wildman–Crippen LogP) is 0.579. The third-order valence-electron chi connectivity index (χ3n) is 3.80. The van der Waals surface area contributed by atoms with Gasteiger partial charge in [-0.2, -0.15) is 5.10 Å². The van der Waals surface area contributed by atoms with Crippen molar-refractivity contribution in [2.75, 3.05) is 25.2 Å². The van der Waals surface area contributed by atoms with Crippen LogP contribution in [0.1, 0.15) is 24.0 Å². The van der Waals surface area contributed by atoms with Gasteiger partial charge in [-0.25, -0.2) is 18.1 Å². The highest BCUT2D eigenvalue weighted by Gasteiger charge is 2.32. The minimum Gasteiger partial charge on any atom is -0.455 e. The molecule has 3 rings (SSSR count). The second-order valence-electron chi connectivity index (χ2n) is 5.52. The van der Waals surface area contributed by atoms with Crippen molar-refractivity contribution >= 4 is 9.84 Å². The van der Waals surface area contributed by atoms with Crippen molar-refractivity contribution in [3.05, 3.63) is 23.7 Å². The summed E-state index contributed by atoms with van der Waals surface area (Å²) in [5.74, 6) is 2.16. The Morgan fingerprint density at radius 2 is 2.30 bits per heavy atom. The number of nitrogens with zero attached hydrogens (tertiary/aromatic N) is 3. The molecule has 3 heterocycles. The van der Waals surface area contributed by atoms with E-state index >= 15 is 0 Å². The molecule has 1 aliphatic rings. The zero-order valence-electron chi connectivity index (χ0n) is 12.8. The molecule has 1 aliphatic heterocycles. The lowest BCUT2D eigenvalue weighted by Gasteiger charge is -2.10. The van der Waals surface area contributed by atoms with Crippen LogP contribution < -0.4 is 0 Å². The minimum atomic E-state index is -3.03. The number of hydrogen-bond acceptors (Lipinski definition) is 7. The van der Waals surface area contributed by atoms with E-state index in [-0.39, 0.29) is 24.2 Å². The molecule has 0 aliphatic carbocycles. The molecule has 2 aromatic heterocycles. The van der Waals surface area contributed by atoms with E-state index in [9.17, 15) is 8.42 Å². The summed E-state index contributed by atoms with van der Waals surface area (Å²) in [6.45, 7) is 0.273. The Morgan fingerprint density at radius 1 is 1.48 bits per heavy atom. The number of methoxy groups -OCH3 is 1. The standard InChI is InChI=1S/C14H19N3O5S/c1-21-6-4-13-15-14(12-3-2-11(8-18)22-12)17(16-13)10-5-7-23(19,20)9-10/h2-3,10,18H,4-9H2,1H3/t10-/m1/s1. The molecule has 0 saturated carbocycles. The normalized spacial score (nSPS) is 20.2. The van der Waals surface area contributed by atoms with Crippen molar-refractivity contribution in [3.8, 4) is 11.6 Å². The van der Waals surface area contributed by atoms with Crippen molar-refractivity contribution < 1.29 is 22.7 Å². The highest BCUT2D eigenvalue weighted by atomic mass is 32.2. The summed E-state index contributed by atoms with van der Waals surface area (Å²) in [4.78, 5) is 4.46. The summed E-state index contributed by atoms with van der Waals surface area (Å²) in [6.07, 6.45) is 1.04. The third kappa shape index (κ3) is 3.46. The highest BCUT2D eigenvalue weighted by molar-refractivity contribution is 7.91. The van der Waals surface area contributed by atoms with Gasteiger partial charge in [0.05, 0.1) is 24.2 Å². The molecule has 1 atom stereocenters. The first-order valence-corrected chi connectivity index (χ1v) is 9.19. The van der Waals surface area contributed by atoms with E-state index in [1.807, 2.05) is 0 Å². The van der Waals surface area contributed by atoms with Crippen molar-refractivity contribution in [3.63, 3.8) is 0 Å². The first-order chi connectivity index (χ1) is 11.0. The van der Waals surface area contributed by atoms with E-state index in [1.54, 1.807) is 23.9 Å². The van der Waals surface area contributed by atoms with Crippen LogP contribution in [0.4, 0.5) is 0 Å². The first-order valence-electron chi connectivity index (χ1n) is 7.37. The molecular formula is C14H19N3O5S. The Balaban J connectivity index is 1.97. The Bertz CT molecular complexity index is 780. The molecule has 0 bridgehead atoms. The Morgan fingerprint density at radius 3 is 2.91 bits per heavy atom. The van der Waals surface area contributed by atoms with Crippen LogP contribution in [0.3, 0.4) is 0 Å². The summed E-state index contributed by atoms with van der Waals surface area (Å²) in [5.41, 5.74) is 0. The molecule has 0 aromatic carbocycles. The largest absolute Gasteiger partial charge is 0.455 e. The number of furan rings is 1. The van der Waals surface area contributed by atoms with E-state index < -0.39 is 9.84 Å². The summed E-state index contributed by atoms with van der Waals surface area (Å²) in [5, 5.41) is 13.6. The molecule has 0 spiro atoms. The molecule has 1 saturated heterocycles. The van der Waals surface area contributed by atoms with Gasteiger partial charge in [0.25, 0.3) is 0 Å². The first kappa shape index (κ1) is 16.2. The maximum atomic E-state index is 11.8. The van der Waals surface area contributed by atoms with Crippen molar-refractivity contribution in [2.45, 2.75) is 25.5 Å². The van der Waals surface area contributed by atoms with Crippen LogP contribution in [0.5, 0.6) is 0 Å². The summed E-state index contributed by atoms with van der Waals surface area (Å²) in [7, 11) is -1.43. The van der Waals surface area contributed by atoms with Gasteiger partial charge in [-0.1, -0.05) is 0 Å². The monoisotopic (exact) mass is 341 g/mol. The van der Waals surface area contributed by atoms with Crippen LogP contribution in [0.25, 0.3) is 11.6 Å². The topological polar surface area (TPSA) is 107 Å². The molecule has 0 radical (unpaired) electrons. The highest BCUT2D eigenvalue weighted by Crippen LogP contribution is 2.29. The molecule has 23 heavy (non-hydrogen) atoms. The van der Waals surface area contributed by atoms with E-state index in [1.165, 1.54) is 0 Å². The Hall–Kier alpha value is -1.71. The van der Waals surface area contributed by atoms with E-state index in [4.69, 9.17) is 14.3 Å². The van der Waals surface area contributed by atoms with Gasteiger partial charge in [0.15, 0.2) is 27.2 Å². The Labute approximate surface area is 134 Å². The fourth-order valence-electron chi connectivity index (χ4n) is 2.64. The van der Waals surface area contributed by atoms with E-state index in [0.717, 1.165) is 0 Å². The average Bonchev–Trinajstić information content (AvgIpc) is 3.21. The van der Waals surface area contributed by atoms with Crippen molar-refractivity contribution in [1.82, 2.24) is 14.8 Å². The third-order valence-corrected chi connectivity index (χ3v) is 5.55. The van der Waals surface area contributed by atoms with Gasteiger partial charge in [0, 0.05) is 13.5 Å². The van der Waals surface area contributed by atoms with Gasteiger partial charge >= 0.3 is 0 Å². The lowest BCUT2D eigenvalue weighted by atomic mass is 10.2. The molecule has 0 unspecified atom stereocenters. The second-order valence-corrected chi connectivity index (χ2v) is 7.75. The van der Waals surface area contributed by atoms with Crippen molar-refractivity contribution in [1.29, 1.82) is 0 Å². The fraction of sp³-hybridized carbons (Fsp3) is 0.571. The predicted molar refractivity (Wildman–Crippen MR) is 81.5 cm³/mol. The zero-order valence-corrected chi connectivity index (χ0v) is 13.6. The average molecular weight is 341 g/mol. The van der Waals surface area contributed by atoms with Crippen molar-refractivity contribution in [2.24, 2.45) is 0 Å². The fourth-order valence-corrected chi connectivity index (χ4v) is 4.33. The number of rotatable bonds is 6. The molecule has 1 fully saturated rings. The summed E-state index contributed by atoms with van der Waals surface area (Å²) >= 11 is 0. The second kappa shape index (κ2) is 6.42. The van der Waals surface area contributed by atoms with Crippen LogP contribution in [0.15, 0.2) is 16.5 Å².